The zero-order valence-electron chi connectivity index (χ0n) is 6.12. The van der Waals surface area contributed by atoms with Crippen LogP contribution in [0.2, 0.25) is 0 Å². The first-order chi connectivity index (χ1) is 4.84. The molecule has 0 aliphatic heterocycles. The molecule has 0 saturated carbocycles. The molecule has 5 heteroatoms. The number of nitrogens with one attached hydrogen (secondary N) is 1. The Morgan fingerprint density at radius 2 is 2.36 bits per heavy atom. The van der Waals surface area contributed by atoms with Gasteiger partial charge in [-0.25, -0.2) is 0 Å². The molecule has 11 heavy (non-hydrogen) atoms. The molecular formula is C6H12BrN3S. The van der Waals surface area contributed by atoms with E-state index in [0.29, 0.717) is 11.3 Å². The predicted octanol–water partition coefficient (Wildman–Crippen LogP) is 0.956. The van der Waals surface area contributed by atoms with Gasteiger partial charge in [-0.3, -0.25) is 5.41 Å². The first-order valence-corrected chi connectivity index (χ1v) is 4.11. The van der Waals surface area contributed by atoms with E-state index < -0.39 is 0 Å². The molecule has 0 spiro atoms. The second-order valence-corrected chi connectivity index (χ2v) is 2.94. The van der Waals surface area contributed by atoms with Crippen molar-refractivity contribution >= 4 is 28.3 Å². The van der Waals surface area contributed by atoms with E-state index in [1.807, 2.05) is 16.1 Å². The summed E-state index contributed by atoms with van der Waals surface area (Å²) in [7, 11) is 0. The van der Waals surface area contributed by atoms with Gasteiger partial charge in [-0.1, -0.05) is 0 Å². The van der Waals surface area contributed by atoms with Crippen LogP contribution in [0.3, 0.4) is 0 Å². The lowest BCUT2D eigenvalue weighted by molar-refractivity contribution is 0.631. The monoisotopic (exact) mass is 237 g/mol. The molecule has 1 rings (SSSR count). The van der Waals surface area contributed by atoms with Gasteiger partial charge in [0.25, 0.3) is 0 Å². The fraction of sp³-hybridized carbons (Fsp3) is 0.500. The highest BCUT2D eigenvalue weighted by molar-refractivity contribution is 8.93. The van der Waals surface area contributed by atoms with E-state index in [-0.39, 0.29) is 17.0 Å². The van der Waals surface area contributed by atoms with Gasteiger partial charge in [0, 0.05) is 18.1 Å². The number of nitrogens with two attached hydrogens (primary N) is 1. The molecule has 0 fully saturated rings. The van der Waals surface area contributed by atoms with Crippen molar-refractivity contribution in [3.05, 3.63) is 16.4 Å². The Kier molecular flexibility index (Phi) is 5.45. The third-order valence-electron chi connectivity index (χ3n) is 1.28. The van der Waals surface area contributed by atoms with E-state index in [0.717, 1.165) is 13.0 Å². The van der Waals surface area contributed by atoms with Crippen LogP contribution in [0.5, 0.6) is 0 Å². The van der Waals surface area contributed by atoms with Gasteiger partial charge in [0.05, 0.1) is 0 Å². The molecule has 3 nitrogen and oxygen atoms in total. The second-order valence-electron chi connectivity index (χ2n) is 2.04. The maximum Gasteiger partial charge on any atom is 0.181 e. The Morgan fingerprint density at radius 3 is 2.82 bits per heavy atom. The molecule has 0 bridgehead atoms. The van der Waals surface area contributed by atoms with Crippen LogP contribution >= 0.6 is 28.3 Å². The number of halogens is 1. The lowest BCUT2D eigenvalue weighted by Crippen LogP contribution is -2.14. The van der Waals surface area contributed by atoms with Crippen molar-refractivity contribution in [3.8, 4) is 0 Å². The smallest absolute Gasteiger partial charge is 0.181 e. The van der Waals surface area contributed by atoms with E-state index in [2.05, 4.69) is 0 Å². The summed E-state index contributed by atoms with van der Waals surface area (Å²) < 4.78 is 1.90. The standard InChI is InChI=1S/C6H11N3S.BrH/c7-2-1-3-9-4-5-10-6(9)8;/h4-5,8H,1-3,7H2;1H. The summed E-state index contributed by atoms with van der Waals surface area (Å²) in [6, 6.07) is 0. The molecule has 1 heterocycles. The van der Waals surface area contributed by atoms with Gasteiger partial charge in [-0.15, -0.1) is 28.3 Å². The summed E-state index contributed by atoms with van der Waals surface area (Å²) in [5.74, 6) is 0. The summed E-state index contributed by atoms with van der Waals surface area (Å²) in [6.45, 7) is 1.57. The Labute approximate surface area is 80.1 Å². The molecule has 0 amide bonds. The molecule has 0 atom stereocenters. The summed E-state index contributed by atoms with van der Waals surface area (Å²) in [4.78, 5) is 0.605. The molecule has 0 unspecified atom stereocenters. The van der Waals surface area contributed by atoms with Gasteiger partial charge in [0.15, 0.2) is 4.80 Å². The zero-order valence-corrected chi connectivity index (χ0v) is 8.65. The maximum absolute atomic E-state index is 7.37. The summed E-state index contributed by atoms with van der Waals surface area (Å²) in [6.07, 6.45) is 2.87. The van der Waals surface area contributed by atoms with E-state index in [9.17, 15) is 0 Å². The van der Waals surface area contributed by atoms with Gasteiger partial charge in [0.2, 0.25) is 0 Å². The Balaban J connectivity index is 0.000001000. The van der Waals surface area contributed by atoms with E-state index in [4.69, 9.17) is 11.1 Å². The Morgan fingerprint density at radius 1 is 1.64 bits per heavy atom. The molecule has 0 aliphatic carbocycles. The molecule has 0 aromatic carbocycles. The van der Waals surface area contributed by atoms with Gasteiger partial charge in [-0.05, 0) is 13.0 Å². The summed E-state index contributed by atoms with van der Waals surface area (Å²) >= 11 is 1.44. The van der Waals surface area contributed by atoms with Crippen molar-refractivity contribution in [2.75, 3.05) is 6.54 Å². The average Bonchev–Trinajstić information content (AvgIpc) is 2.31. The van der Waals surface area contributed by atoms with Crippen LogP contribution < -0.4 is 10.5 Å². The van der Waals surface area contributed by atoms with Gasteiger partial charge < -0.3 is 10.3 Å². The highest BCUT2D eigenvalue weighted by atomic mass is 79.9. The molecule has 3 N–H and O–H groups in total. The lowest BCUT2D eigenvalue weighted by atomic mass is 10.4. The van der Waals surface area contributed by atoms with Crippen molar-refractivity contribution < 1.29 is 0 Å². The Hall–Kier alpha value is -0.130. The molecule has 64 valence electrons. The number of aryl methyl sites for hydroxylation is 1. The minimum Gasteiger partial charge on any atom is -0.330 e. The SMILES string of the molecule is Br.N=c1sccn1CCCN. The molecular weight excluding hydrogens is 226 g/mol. The zero-order chi connectivity index (χ0) is 7.40. The molecule has 0 radical (unpaired) electrons. The van der Waals surface area contributed by atoms with Gasteiger partial charge >= 0.3 is 0 Å². The van der Waals surface area contributed by atoms with Crippen LogP contribution in [0, 0.1) is 5.41 Å². The van der Waals surface area contributed by atoms with Crippen molar-refractivity contribution in [1.82, 2.24) is 4.57 Å². The minimum atomic E-state index is 0. The number of nitrogens with zero attached hydrogens (tertiary/aromatic N) is 1. The largest absolute Gasteiger partial charge is 0.330 e. The number of rotatable bonds is 3. The van der Waals surface area contributed by atoms with Crippen LogP contribution in [-0.2, 0) is 6.54 Å². The number of thiazole rings is 1. The number of hydrogen-bond acceptors (Lipinski definition) is 3. The van der Waals surface area contributed by atoms with Crippen molar-refractivity contribution in [2.24, 2.45) is 5.73 Å². The summed E-state index contributed by atoms with van der Waals surface area (Å²) in [5, 5.41) is 9.29. The van der Waals surface area contributed by atoms with Crippen LogP contribution in [0.4, 0.5) is 0 Å². The molecule has 0 aliphatic rings. The average molecular weight is 238 g/mol. The topological polar surface area (TPSA) is 54.8 Å². The third-order valence-corrected chi connectivity index (χ3v) is 2.00. The second kappa shape index (κ2) is 5.51. The Bertz CT molecular complexity index is 242. The van der Waals surface area contributed by atoms with E-state index in [1.54, 1.807) is 0 Å². The van der Waals surface area contributed by atoms with E-state index in [1.165, 1.54) is 11.3 Å². The van der Waals surface area contributed by atoms with Crippen molar-refractivity contribution in [1.29, 1.82) is 5.41 Å². The third kappa shape index (κ3) is 3.18. The van der Waals surface area contributed by atoms with Crippen LogP contribution in [0.1, 0.15) is 6.42 Å². The quantitative estimate of drug-likeness (QED) is 0.809. The fourth-order valence-electron chi connectivity index (χ4n) is 0.741. The highest BCUT2D eigenvalue weighted by Crippen LogP contribution is 1.89. The minimum absolute atomic E-state index is 0. The van der Waals surface area contributed by atoms with Crippen LogP contribution in [0.25, 0.3) is 0 Å². The van der Waals surface area contributed by atoms with Crippen molar-refractivity contribution in [2.45, 2.75) is 13.0 Å². The normalized spacial score (nSPS) is 9.18. The first kappa shape index (κ1) is 10.9. The van der Waals surface area contributed by atoms with Crippen LogP contribution in [0.15, 0.2) is 11.6 Å². The lowest BCUT2D eigenvalue weighted by Gasteiger charge is -1.97. The predicted molar refractivity (Wildman–Crippen MR) is 52.2 cm³/mol. The van der Waals surface area contributed by atoms with E-state index >= 15 is 0 Å². The number of hydrogen-bond donors (Lipinski definition) is 2. The van der Waals surface area contributed by atoms with Gasteiger partial charge in [-0.2, -0.15) is 0 Å². The van der Waals surface area contributed by atoms with Crippen molar-refractivity contribution in [3.63, 3.8) is 0 Å². The number of aromatic nitrogens is 1. The first-order valence-electron chi connectivity index (χ1n) is 3.23. The molecule has 1 aromatic heterocycles. The van der Waals surface area contributed by atoms with Gasteiger partial charge in [0.1, 0.15) is 0 Å². The highest BCUT2D eigenvalue weighted by Gasteiger charge is 1.90. The maximum atomic E-state index is 7.37. The molecule has 0 saturated heterocycles. The molecule has 1 aromatic rings. The summed E-state index contributed by atoms with van der Waals surface area (Å²) in [5.41, 5.74) is 5.32. The van der Waals surface area contributed by atoms with Crippen LogP contribution in [-0.4, -0.2) is 11.1 Å². The fourth-order valence-corrected chi connectivity index (χ4v) is 1.37.